The van der Waals surface area contributed by atoms with Crippen LogP contribution < -0.4 is 19.1 Å². The number of anilines is 1. The third-order valence-corrected chi connectivity index (χ3v) is 9.17. The van der Waals surface area contributed by atoms with Crippen molar-refractivity contribution in [3.8, 4) is 17.2 Å². The van der Waals surface area contributed by atoms with Gasteiger partial charge in [-0.2, -0.15) is 0 Å². The number of nitrogens with zero attached hydrogens (tertiary/aromatic N) is 1. The predicted molar refractivity (Wildman–Crippen MR) is 171 cm³/mol. The quantitative estimate of drug-likeness (QED) is 0.193. The van der Waals surface area contributed by atoms with Crippen molar-refractivity contribution < 1.29 is 42.4 Å². The molecule has 244 valence electrons. The van der Waals surface area contributed by atoms with Crippen LogP contribution in [0.3, 0.4) is 0 Å². The lowest BCUT2D eigenvalue weighted by molar-refractivity contribution is -0.295. The third-order valence-electron chi connectivity index (χ3n) is 7.81. The number of benzene rings is 3. The molecular formula is C35H38FNO8S. The molecular weight excluding hydrogens is 613 g/mol. The summed E-state index contributed by atoms with van der Waals surface area (Å²) >= 11 is 1.45. The van der Waals surface area contributed by atoms with Crippen molar-refractivity contribution in [1.29, 1.82) is 0 Å². The fourth-order valence-corrected chi connectivity index (χ4v) is 6.94. The fraction of sp³-hybridized carbons (Fsp3) is 0.429. The Labute approximate surface area is 272 Å². The molecule has 1 amide bonds. The molecule has 46 heavy (non-hydrogen) atoms. The van der Waals surface area contributed by atoms with Gasteiger partial charge < -0.3 is 33.3 Å². The molecule has 0 unspecified atom stereocenters. The second kappa shape index (κ2) is 12.4. The first-order valence-electron chi connectivity index (χ1n) is 15.2. The van der Waals surface area contributed by atoms with E-state index in [9.17, 15) is 14.0 Å². The van der Waals surface area contributed by atoms with Crippen LogP contribution >= 0.6 is 11.8 Å². The van der Waals surface area contributed by atoms with Gasteiger partial charge in [0.05, 0.1) is 25.0 Å². The summed E-state index contributed by atoms with van der Waals surface area (Å²) in [5, 5.41) is -0.480. The van der Waals surface area contributed by atoms with Crippen LogP contribution in [-0.2, 0) is 29.6 Å². The molecule has 0 aliphatic carbocycles. The topological polar surface area (TPSA) is 92.8 Å². The number of fused-ring (bicyclic) bond motifs is 1. The Kier molecular flexibility index (Phi) is 8.69. The Morgan fingerprint density at radius 1 is 0.978 bits per heavy atom. The van der Waals surface area contributed by atoms with Gasteiger partial charge in [0.2, 0.25) is 18.5 Å². The van der Waals surface area contributed by atoms with Crippen molar-refractivity contribution in [3.63, 3.8) is 0 Å². The van der Waals surface area contributed by atoms with Crippen molar-refractivity contribution in [2.75, 3.05) is 37.3 Å². The largest absolute Gasteiger partial charge is 0.482 e. The van der Waals surface area contributed by atoms with Crippen LogP contribution in [0.15, 0.2) is 66.7 Å². The summed E-state index contributed by atoms with van der Waals surface area (Å²) in [6.45, 7) is 10.4. The van der Waals surface area contributed by atoms with Gasteiger partial charge in [-0.1, -0.05) is 26.0 Å². The minimum Gasteiger partial charge on any atom is -0.482 e. The first-order chi connectivity index (χ1) is 21.8. The minimum atomic E-state index is -1.11. The minimum absolute atomic E-state index is 0.108. The lowest BCUT2D eigenvalue weighted by atomic mass is 9.92. The number of rotatable bonds is 9. The number of β-lactam (4-membered cyclic amide) rings is 1. The predicted octanol–water partition coefficient (Wildman–Crippen LogP) is 6.39. The summed E-state index contributed by atoms with van der Waals surface area (Å²) in [4.78, 5) is 27.6. The molecule has 11 heteroatoms. The van der Waals surface area contributed by atoms with Gasteiger partial charge in [0, 0.05) is 16.7 Å². The van der Waals surface area contributed by atoms with E-state index in [1.807, 2.05) is 30.3 Å². The summed E-state index contributed by atoms with van der Waals surface area (Å²) in [5.41, 5.74) is 1.45. The standard InChI is InChI=1S/C35H38FNO8S/c1-33(2,3)45-29(38)17-40-26-13-6-22(7-14-26)30-31(32(39)37(30)25-11-9-24(36)10-12-25)46-20-35(43-18-34(4,5)19-44-35)23-8-15-27-28(16-23)42-21-41-27/h6-16,30-31H,17-21H2,1-5H3/t30-,31-/m1/s1. The third kappa shape index (κ3) is 6.82. The Balaban J connectivity index is 1.24. The number of ether oxygens (including phenoxy) is 6. The molecule has 0 saturated carbocycles. The van der Waals surface area contributed by atoms with Crippen molar-refractivity contribution in [2.45, 2.75) is 57.3 Å². The highest BCUT2D eigenvalue weighted by molar-refractivity contribution is 8.00. The maximum atomic E-state index is 13.8. The van der Waals surface area contributed by atoms with Gasteiger partial charge in [-0.15, -0.1) is 11.8 Å². The zero-order chi connectivity index (χ0) is 32.7. The Morgan fingerprint density at radius 3 is 2.33 bits per heavy atom. The van der Waals surface area contributed by atoms with E-state index >= 15 is 0 Å². The number of thioether (sulfide) groups is 1. The molecule has 3 heterocycles. The first kappa shape index (κ1) is 32.2. The van der Waals surface area contributed by atoms with Gasteiger partial charge in [0.1, 0.15) is 22.4 Å². The van der Waals surface area contributed by atoms with E-state index in [2.05, 4.69) is 13.8 Å². The van der Waals surface area contributed by atoms with Gasteiger partial charge in [-0.3, -0.25) is 4.79 Å². The van der Waals surface area contributed by atoms with Gasteiger partial charge >= 0.3 is 5.97 Å². The molecule has 2 atom stereocenters. The molecule has 2 saturated heterocycles. The average Bonchev–Trinajstić information content (AvgIpc) is 3.48. The molecule has 0 bridgehead atoms. The average molecular weight is 652 g/mol. The molecule has 3 aromatic rings. The Bertz CT molecular complexity index is 1580. The molecule has 2 fully saturated rings. The second-order valence-corrected chi connectivity index (χ2v) is 14.5. The van der Waals surface area contributed by atoms with E-state index in [0.717, 1.165) is 11.1 Å². The lowest BCUT2D eigenvalue weighted by Crippen LogP contribution is -2.58. The number of hydrogen-bond acceptors (Lipinski definition) is 9. The van der Waals surface area contributed by atoms with Crippen molar-refractivity contribution in [1.82, 2.24) is 0 Å². The van der Waals surface area contributed by atoms with Crippen LogP contribution in [0, 0.1) is 11.2 Å². The van der Waals surface area contributed by atoms with E-state index in [1.54, 1.807) is 49.9 Å². The summed E-state index contributed by atoms with van der Waals surface area (Å²) in [6.07, 6.45) is 0. The van der Waals surface area contributed by atoms with Crippen LogP contribution in [-0.4, -0.2) is 55.1 Å². The highest BCUT2D eigenvalue weighted by atomic mass is 32.2. The van der Waals surface area contributed by atoms with Crippen LogP contribution in [0.5, 0.6) is 17.2 Å². The summed E-state index contributed by atoms with van der Waals surface area (Å²) in [6, 6.07) is 18.4. The van der Waals surface area contributed by atoms with E-state index < -0.39 is 22.6 Å². The van der Waals surface area contributed by atoms with Crippen LogP contribution in [0.2, 0.25) is 0 Å². The Morgan fingerprint density at radius 2 is 1.65 bits per heavy atom. The second-order valence-electron chi connectivity index (χ2n) is 13.4. The molecule has 3 aliphatic rings. The highest BCUT2D eigenvalue weighted by Gasteiger charge is 2.52. The van der Waals surface area contributed by atoms with E-state index in [1.165, 1.54) is 23.9 Å². The number of halogens is 1. The molecule has 0 radical (unpaired) electrons. The van der Waals surface area contributed by atoms with E-state index in [-0.39, 0.29) is 36.6 Å². The van der Waals surface area contributed by atoms with E-state index in [4.69, 9.17) is 28.4 Å². The van der Waals surface area contributed by atoms with Gasteiger partial charge in [-0.05, 0) is 80.9 Å². The highest BCUT2D eigenvalue weighted by Crippen LogP contribution is 2.49. The monoisotopic (exact) mass is 651 g/mol. The fourth-order valence-electron chi connectivity index (χ4n) is 5.49. The van der Waals surface area contributed by atoms with Crippen LogP contribution in [0.25, 0.3) is 0 Å². The number of carbonyl (C=O) groups excluding carboxylic acids is 2. The van der Waals surface area contributed by atoms with Gasteiger partial charge in [-0.25, -0.2) is 9.18 Å². The zero-order valence-electron chi connectivity index (χ0n) is 26.5. The summed E-state index contributed by atoms with van der Waals surface area (Å²) < 4.78 is 48.9. The summed E-state index contributed by atoms with van der Waals surface area (Å²) in [5.74, 6) is 0.0392. The smallest absolute Gasteiger partial charge is 0.344 e. The van der Waals surface area contributed by atoms with Crippen molar-refractivity contribution in [2.24, 2.45) is 5.41 Å². The number of hydrogen-bond donors (Lipinski definition) is 0. The number of amides is 1. The maximum Gasteiger partial charge on any atom is 0.344 e. The molecule has 3 aliphatic heterocycles. The molecule has 3 aromatic carbocycles. The van der Waals surface area contributed by atoms with Crippen LogP contribution in [0.1, 0.15) is 51.8 Å². The molecule has 9 nitrogen and oxygen atoms in total. The molecule has 0 aromatic heterocycles. The van der Waals surface area contributed by atoms with Crippen molar-refractivity contribution in [3.05, 3.63) is 83.7 Å². The first-order valence-corrected chi connectivity index (χ1v) is 16.2. The SMILES string of the molecule is CC1(C)COC(CS[C@H]2C(=O)N(c3ccc(F)cc3)[C@@H]2c2ccc(OCC(=O)OC(C)(C)C)cc2)(c2ccc3c(c2)OCO3)OC1. The lowest BCUT2D eigenvalue weighted by Gasteiger charge is -2.49. The molecule has 0 spiro atoms. The number of carbonyl (C=O) groups is 2. The van der Waals surface area contributed by atoms with E-state index in [0.29, 0.717) is 41.9 Å². The maximum absolute atomic E-state index is 13.8. The zero-order valence-corrected chi connectivity index (χ0v) is 27.4. The van der Waals surface area contributed by atoms with Gasteiger partial charge in [0.15, 0.2) is 18.1 Å². The number of esters is 1. The molecule has 6 rings (SSSR count). The Hall–Kier alpha value is -3.80. The normalized spacial score (nSPS) is 21.4. The molecule has 0 N–H and O–H groups in total. The summed E-state index contributed by atoms with van der Waals surface area (Å²) in [7, 11) is 0. The van der Waals surface area contributed by atoms with Gasteiger partial charge in [0.25, 0.3) is 0 Å². The van der Waals surface area contributed by atoms with Crippen LogP contribution in [0.4, 0.5) is 10.1 Å². The van der Waals surface area contributed by atoms with Crippen molar-refractivity contribution >= 4 is 29.3 Å².